The molecular weight excluding hydrogens is 170 g/mol. The second kappa shape index (κ2) is 3.89. The molecule has 0 aliphatic heterocycles. The molecule has 1 aromatic heterocycles. The fraction of sp³-hybridized carbons (Fsp3) is 0.333. The Kier molecular flexibility index (Phi) is 2.84. The van der Waals surface area contributed by atoms with Crippen molar-refractivity contribution in [3.05, 3.63) is 33.7 Å². The zero-order chi connectivity index (χ0) is 9.84. The Morgan fingerprint density at radius 1 is 1.54 bits per heavy atom. The van der Waals surface area contributed by atoms with Crippen LogP contribution in [0.4, 0.5) is 0 Å². The van der Waals surface area contributed by atoms with E-state index in [4.69, 9.17) is 0 Å². The number of carbonyl (C=O) groups is 1. The normalized spacial score (nSPS) is 9.69. The van der Waals surface area contributed by atoms with Crippen LogP contribution in [0.3, 0.4) is 0 Å². The van der Waals surface area contributed by atoms with Gasteiger partial charge in [-0.3, -0.25) is 9.59 Å². The average molecular weight is 181 g/mol. The smallest absolute Gasteiger partial charge is 0.309 e. The number of methoxy groups -OCH3 is 1. The summed E-state index contributed by atoms with van der Waals surface area (Å²) in [6, 6.07) is 3.14. The van der Waals surface area contributed by atoms with Crippen LogP contribution in [0.1, 0.15) is 11.3 Å². The summed E-state index contributed by atoms with van der Waals surface area (Å²) in [5.41, 5.74) is 1.22. The number of ether oxygens (including phenoxy) is 1. The lowest BCUT2D eigenvalue weighted by molar-refractivity contribution is -0.139. The molecule has 1 heterocycles. The van der Waals surface area contributed by atoms with Crippen molar-refractivity contribution in [2.24, 2.45) is 0 Å². The van der Waals surface area contributed by atoms with E-state index in [9.17, 15) is 9.59 Å². The molecule has 70 valence electrons. The third-order valence-corrected chi connectivity index (χ3v) is 1.61. The van der Waals surface area contributed by atoms with Gasteiger partial charge in [-0.2, -0.15) is 0 Å². The number of aromatic nitrogens is 1. The Balaban J connectivity index is 2.89. The average Bonchev–Trinajstić information content (AvgIpc) is 2.02. The largest absolute Gasteiger partial charge is 0.469 e. The number of nitrogens with one attached hydrogen (secondary N) is 1. The van der Waals surface area contributed by atoms with Crippen molar-refractivity contribution in [3.8, 4) is 0 Å². The SMILES string of the molecule is COC(=O)Cc1cc(C)[nH]c(=O)c1. The second-order valence-corrected chi connectivity index (χ2v) is 2.79. The lowest BCUT2D eigenvalue weighted by Crippen LogP contribution is -2.11. The van der Waals surface area contributed by atoms with Crippen LogP contribution in [0, 0.1) is 6.92 Å². The number of aryl methyl sites for hydroxylation is 1. The zero-order valence-electron chi connectivity index (χ0n) is 7.59. The first kappa shape index (κ1) is 9.51. The molecule has 0 amide bonds. The standard InChI is InChI=1S/C9H11NO3/c1-6-3-7(4-8(11)10-6)5-9(12)13-2/h3-4H,5H2,1-2H3,(H,10,11). The van der Waals surface area contributed by atoms with E-state index in [1.54, 1.807) is 13.0 Å². The fourth-order valence-corrected chi connectivity index (χ4v) is 1.10. The first-order chi connectivity index (χ1) is 6.11. The summed E-state index contributed by atoms with van der Waals surface area (Å²) in [5, 5.41) is 0. The molecule has 1 aromatic rings. The highest BCUT2D eigenvalue weighted by Gasteiger charge is 2.03. The van der Waals surface area contributed by atoms with Gasteiger partial charge in [-0.25, -0.2) is 0 Å². The Labute approximate surface area is 75.5 Å². The predicted octanol–water partition coefficient (Wildman–Crippen LogP) is 0.399. The molecule has 1 rings (SSSR count). The van der Waals surface area contributed by atoms with Gasteiger partial charge < -0.3 is 9.72 Å². The number of aromatic amines is 1. The molecule has 1 N–H and O–H groups in total. The van der Waals surface area contributed by atoms with Crippen LogP contribution >= 0.6 is 0 Å². The number of esters is 1. The van der Waals surface area contributed by atoms with Crippen LogP contribution in [-0.2, 0) is 16.0 Å². The molecular formula is C9H11NO3. The molecule has 0 saturated heterocycles. The molecule has 13 heavy (non-hydrogen) atoms. The van der Waals surface area contributed by atoms with E-state index in [2.05, 4.69) is 9.72 Å². The molecule has 0 saturated carbocycles. The maximum Gasteiger partial charge on any atom is 0.309 e. The third kappa shape index (κ3) is 2.74. The van der Waals surface area contributed by atoms with Gasteiger partial charge in [0.1, 0.15) is 0 Å². The minimum atomic E-state index is -0.343. The van der Waals surface area contributed by atoms with E-state index in [1.165, 1.54) is 13.2 Å². The van der Waals surface area contributed by atoms with Gasteiger partial charge in [-0.1, -0.05) is 0 Å². The summed E-state index contributed by atoms with van der Waals surface area (Å²) in [5.74, 6) is -0.343. The fourth-order valence-electron chi connectivity index (χ4n) is 1.10. The molecule has 0 aromatic carbocycles. The first-order valence-corrected chi connectivity index (χ1v) is 3.88. The van der Waals surface area contributed by atoms with E-state index in [-0.39, 0.29) is 17.9 Å². The van der Waals surface area contributed by atoms with Crippen molar-refractivity contribution in [3.63, 3.8) is 0 Å². The van der Waals surface area contributed by atoms with Crippen LogP contribution in [0.15, 0.2) is 16.9 Å². The maximum atomic E-state index is 11.0. The molecule has 0 fully saturated rings. The van der Waals surface area contributed by atoms with E-state index < -0.39 is 0 Å². The van der Waals surface area contributed by atoms with Crippen molar-refractivity contribution in [2.45, 2.75) is 13.3 Å². The van der Waals surface area contributed by atoms with Gasteiger partial charge in [-0.05, 0) is 18.6 Å². The topological polar surface area (TPSA) is 59.2 Å². The summed E-state index contributed by atoms with van der Waals surface area (Å²) < 4.78 is 4.48. The Bertz CT molecular complexity index is 367. The van der Waals surface area contributed by atoms with Crippen molar-refractivity contribution in [1.82, 2.24) is 4.98 Å². The molecule has 0 unspecified atom stereocenters. The maximum absolute atomic E-state index is 11.0. The second-order valence-electron chi connectivity index (χ2n) is 2.79. The number of hydrogen-bond donors (Lipinski definition) is 1. The quantitative estimate of drug-likeness (QED) is 0.672. The highest BCUT2D eigenvalue weighted by molar-refractivity contribution is 5.72. The Hall–Kier alpha value is -1.58. The number of hydrogen-bond acceptors (Lipinski definition) is 3. The highest BCUT2D eigenvalue weighted by Crippen LogP contribution is 1.99. The molecule has 4 nitrogen and oxygen atoms in total. The van der Waals surface area contributed by atoms with Crippen LogP contribution in [-0.4, -0.2) is 18.1 Å². The number of pyridine rings is 1. The number of carbonyl (C=O) groups excluding carboxylic acids is 1. The van der Waals surface area contributed by atoms with Crippen LogP contribution in [0.25, 0.3) is 0 Å². The van der Waals surface area contributed by atoms with Gasteiger partial charge in [0.05, 0.1) is 13.5 Å². The van der Waals surface area contributed by atoms with Gasteiger partial charge in [0.15, 0.2) is 0 Å². The summed E-state index contributed by atoms with van der Waals surface area (Å²) in [4.78, 5) is 24.4. The summed E-state index contributed by atoms with van der Waals surface area (Å²) in [6.07, 6.45) is 0.140. The van der Waals surface area contributed by atoms with Crippen LogP contribution < -0.4 is 5.56 Å². The van der Waals surface area contributed by atoms with E-state index in [0.29, 0.717) is 5.56 Å². The van der Waals surface area contributed by atoms with Crippen molar-refractivity contribution in [1.29, 1.82) is 0 Å². The lowest BCUT2D eigenvalue weighted by atomic mass is 10.2. The van der Waals surface area contributed by atoms with Crippen LogP contribution in [0.5, 0.6) is 0 Å². The van der Waals surface area contributed by atoms with E-state index >= 15 is 0 Å². The Morgan fingerprint density at radius 3 is 2.77 bits per heavy atom. The van der Waals surface area contributed by atoms with E-state index in [0.717, 1.165) is 5.69 Å². The molecule has 4 heteroatoms. The number of H-pyrrole nitrogens is 1. The minimum Gasteiger partial charge on any atom is -0.469 e. The monoisotopic (exact) mass is 181 g/mol. The molecule has 0 aliphatic rings. The predicted molar refractivity (Wildman–Crippen MR) is 47.5 cm³/mol. The highest BCUT2D eigenvalue weighted by atomic mass is 16.5. The van der Waals surface area contributed by atoms with Gasteiger partial charge in [0, 0.05) is 11.8 Å². The zero-order valence-corrected chi connectivity index (χ0v) is 7.59. The molecule has 0 radical (unpaired) electrons. The van der Waals surface area contributed by atoms with Crippen molar-refractivity contribution < 1.29 is 9.53 Å². The number of rotatable bonds is 2. The summed E-state index contributed by atoms with van der Waals surface area (Å²) >= 11 is 0. The minimum absolute atomic E-state index is 0.140. The van der Waals surface area contributed by atoms with Gasteiger partial charge in [0.2, 0.25) is 5.56 Å². The van der Waals surface area contributed by atoms with Crippen LogP contribution in [0.2, 0.25) is 0 Å². The van der Waals surface area contributed by atoms with Gasteiger partial charge in [0.25, 0.3) is 0 Å². The van der Waals surface area contributed by atoms with E-state index in [1.807, 2.05) is 0 Å². The first-order valence-electron chi connectivity index (χ1n) is 3.88. The molecule has 0 atom stereocenters. The molecule has 0 aliphatic carbocycles. The molecule has 0 spiro atoms. The summed E-state index contributed by atoms with van der Waals surface area (Å²) in [6.45, 7) is 1.77. The summed E-state index contributed by atoms with van der Waals surface area (Å²) in [7, 11) is 1.32. The van der Waals surface area contributed by atoms with Crippen molar-refractivity contribution in [2.75, 3.05) is 7.11 Å². The Morgan fingerprint density at radius 2 is 2.23 bits per heavy atom. The van der Waals surface area contributed by atoms with Gasteiger partial charge >= 0.3 is 5.97 Å². The van der Waals surface area contributed by atoms with Gasteiger partial charge in [-0.15, -0.1) is 0 Å². The lowest BCUT2D eigenvalue weighted by Gasteiger charge is -2.00. The molecule has 0 bridgehead atoms. The van der Waals surface area contributed by atoms with Crippen molar-refractivity contribution >= 4 is 5.97 Å². The third-order valence-electron chi connectivity index (χ3n) is 1.61.